The van der Waals surface area contributed by atoms with Crippen molar-refractivity contribution in [2.24, 2.45) is 4.99 Å². The number of thioether (sulfide) groups is 1. The lowest BCUT2D eigenvalue weighted by molar-refractivity contribution is 0.601. The first-order valence-corrected chi connectivity index (χ1v) is 10.1. The summed E-state index contributed by atoms with van der Waals surface area (Å²) >= 11 is 13.8. The van der Waals surface area contributed by atoms with Gasteiger partial charge in [-0.2, -0.15) is 0 Å². The fourth-order valence-corrected chi connectivity index (χ4v) is 5.95. The van der Waals surface area contributed by atoms with Crippen molar-refractivity contribution in [3.05, 3.63) is 28.2 Å². The standard InChI is InChI=1S/C13H14Cl2N2O2S2/c1-2-20-13-16-11-6-21(18,19)7-12(11)17(13)10-4-8(14)3-9(15)5-10/h3-5,11-12H,2,6-7H2,1H3/t11-,12-/m1/s1. The monoisotopic (exact) mass is 364 g/mol. The first kappa shape index (κ1) is 15.5. The van der Waals surface area contributed by atoms with Gasteiger partial charge in [0.25, 0.3) is 0 Å². The van der Waals surface area contributed by atoms with Crippen LogP contribution in [0.2, 0.25) is 10.0 Å². The lowest BCUT2D eigenvalue weighted by Gasteiger charge is -2.26. The quantitative estimate of drug-likeness (QED) is 0.808. The van der Waals surface area contributed by atoms with E-state index < -0.39 is 9.84 Å². The molecule has 4 nitrogen and oxygen atoms in total. The van der Waals surface area contributed by atoms with Crippen LogP contribution in [-0.4, -0.2) is 42.9 Å². The van der Waals surface area contributed by atoms with Crippen molar-refractivity contribution in [2.45, 2.75) is 19.0 Å². The molecule has 21 heavy (non-hydrogen) atoms. The number of hydrogen-bond donors (Lipinski definition) is 0. The maximum Gasteiger partial charge on any atom is 0.164 e. The van der Waals surface area contributed by atoms with E-state index >= 15 is 0 Å². The zero-order chi connectivity index (χ0) is 15.2. The summed E-state index contributed by atoms with van der Waals surface area (Å²) in [4.78, 5) is 6.57. The Morgan fingerprint density at radius 3 is 2.57 bits per heavy atom. The van der Waals surface area contributed by atoms with Gasteiger partial charge in [-0.05, 0) is 24.0 Å². The second kappa shape index (κ2) is 5.65. The Morgan fingerprint density at radius 2 is 1.95 bits per heavy atom. The summed E-state index contributed by atoms with van der Waals surface area (Å²) in [7, 11) is -3.03. The van der Waals surface area contributed by atoms with Crippen molar-refractivity contribution in [2.75, 3.05) is 22.2 Å². The molecule has 2 aliphatic heterocycles. The molecule has 0 spiro atoms. The van der Waals surface area contributed by atoms with Crippen LogP contribution in [0.4, 0.5) is 5.69 Å². The molecule has 2 aliphatic rings. The number of nitrogens with zero attached hydrogens (tertiary/aromatic N) is 2. The van der Waals surface area contributed by atoms with E-state index in [0.29, 0.717) is 10.0 Å². The molecule has 8 heteroatoms. The predicted molar refractivity (Wildman–Crippen MR) is 90.7 cm³/mol. The zero-order valence-corrected chi connectivity index (χ0v) is 14.4. The van der Waals surface area contributed by atoms with E-state index in [4.69, 9.17) is 23.2 Å². The van der Waals surface area contributed by atoms with Crippen LogP contribution in [0.3, 0.4) is 0 Å². The minimum Gasteiger partial charge on any atom is -0.315 e. The Bertz CT molecular complexity index is 686. The summed E-state index contributed by atoms with van der Waals surface area (Å²) < 4.78 is 23.7. The van der Waals surface area contributed by atoms with Gasteiger partial charge in [0.05, 0.1) is 23.6 Å². The summed E-state index contributed by atoms with van der Waals surface area (Å²) in [5.41, 5.74) is 0.803. The van der Waals surface area contributed by atoms with Crippen LogP contribution in [0.25, 0.3) is 0 Å². The number of sulfone groups is 1. The highest BCUT2D eigenvalue weighted by molar-refractivity contribution is 8.14. The lowest BCUT2D eigenvalue weighted by atomic mass is 10.1. The number of rotatable bonds is 2. The summed E-state index contributed by atoms with van der Waals surface area (Å²) in [6.45, 7) is 2.04. The van der Waals surface area contributed by atoms with Crippen molar-refractivity contribution < 1.29 is 8.42 Å². The number of aliphatic imine (C=N–C) groups is 1. The van der Waals surface area contributed by atoms with Crippen LogP contribution in [0.15, 0.2) is 23.2 Å². The van der Waals surface area contributed by atoms with Gasteiger partial charge in [0.2, 0.25) is 0 Å². The molecule has 1 saturated heterocycles. The van der Waals surface area contributed by atoms with E-state index in [1.54, 1.807) is 30.0 Å². The molecule has 0 N–H and O–H groups in total. The van der Waals surface area contributed by atoms with Crippen LogP contribution >= 0.6 is 35.0 Å². The van der Waals surface area contributed by atoms with E-state index in [0.717, 1.165) is 16.6 Å². The van der Waals surface area contributed by atoms with Gasteiger partial charge >= 0.3 is 0 Å². The molecule has 0 saturated carbocycles. The number of benzene rings is 1. The number of amidine groups is 1. The molecule has 1 aromatic rings. The number of fused-ring (bicyclic) bond motifs is 1. The first-order chi connectivity index (χ1) is 9.89. The summed E-state index contributed by atoms with van der Waals surface area (Å²) in [5, 5.41) is 1.91. The Balaban J connectivity index is 2.03. The van der Waals surface area contributed by atoms with Gasteiger partial charge in [0.15, 0.2) is 15.0 Å². The molecule has 0 unspecified atom stereocenters. The summed E-state index contributed by atoms with van der Waals surface area (Å²) in [5.74, 6) is 1.12. The molecular formula is C13H14Cl2N2O2S2. The summed E-state index contributed by atoms with van der Waals surface area (Å²) in [6.07, 6.45) is 0. The first-order valence-electron chi connectivity index (χ1n) is 6.56. The molecule has 114 valence electrons. The Hall–Kier alpha value is -0.430. The zero-order valence-electron chi connectivity index (χ0n) is 11.3. The number of halogens is 2. The van der Waals surface area contributed by atoms with Gasteiger partial charge in [-0.25, -0.2) is 8.42 Å². The molecule has 1 fully saturated rings. The van der Waals surface area contributed by atoms with E-state index in [1.165, 1.54) is 0 Å². The molecular weight excluding hydrogens is 351 g/mol. The van der Waals surface area contributed by atoms with Crippen LogP contribution < -0.4 is 4.90 Å². The third-order valence-corrected chi connectivity index (χ3v) is 6.49. The average Bonchev–Trinajstić information content (AvgIpc) is 2.79. The van der Waals surface area contributed by atoms with Gasteiger partial charge in [-0.1, -0.05) is 41.9 Å². The van der Waals surface area contributed by atoms with Crippen LogP contribution in [0, 0.1) is 0 Å². The largest absolute Gasteiger partial charge is 0.315 e. The third-order valence-electron chi connectivity index (χ3n) is 3.51. The van der Waals surface area contributed by atoms with Gasteiger partial charge in [-0.15, -0.1) is 0 Å². The van der Waals surface area contributed by atoms with Crippen LogP contribution in [-0.2, 0) is 9.84 Å². The van der Waals surface area contributed by atoms with Gasteiger partial charge < -0.3 is 4.90 Å². The smallest absolute Gasteiger partial charge is 0.164 e. The van der Waals surface area contributed by atoms with E-state index in [9.17, 15) is 8.42 Å². The van der Waals surface area contributed by atoms with Crippen molar-refractivity contribution in [1.82, 2.24) is 0 Å². The highest BCUT2D eigenvalue weighted by Crippen LogP contribution is 2.37. The van der Waals surface area contributed by atoms with Crippen molar-refractivity contribution in [1.29, 1.82) is 0 Å². The summed E-state index contributed by atoms with van der Waals surface area (Å²) in [6, 6.07) is 4.91. The second-order valence-corrected chi connectivity index (χ2v) is 9.31. The normalized spacial score (nSPS) is 26.8. The SMILES string of the molecule is CCSC1=N[C@@H]2CS(=O)(=O)C[C@H]2N1c1cc(Cl)cc(Cl)c1. The lowest BCUT2D eigenvalue weighted by Crippen LogP contribution is -2.39. The fraction of sp³-hybridized carbons (Fsp3) is 0.462. The topological polar surface area (TPSA) is 49.7 Å². The molecule has 1 aromatic carbocycles. The van der Waals surface area contributed by atoms with E-state index in [1.807, 2.05) is 11.8 Å². The minimum atomic E-state index is -3.03. The Labute approximate surface area is 138 Å². The molecule has 2 heterocycles. The van der Waals surface area contributed by atoms with Crippen molar-refractivity contribution >= 4 is 55.7 Å². The molecule has 3 rings (SSSR count). The molecule has 0 aromatic heterocycles. The van der Waals surface area contributed by atoms with Crippen LogP contribution in [0.1, 0.15) is 6.92 Å². The highest BCUT2D eigenvalue weighted by atomic mass is 35.5. The third kappa shape index (κ3) is 3.04. The Morgan fingerprint density at radius 1 is 1.29 bits per heavy atom. The van der Waals surface area contributed by atoms with Crippen molar-refractivity contribution in [3.63, 3.8) is 0 Å². The van der Waals surface area contributed by atoms with Gasteiger partial charge in [0.1, 0.15) is 0 Å². The molecule has 0 amide bonds. The molecule has 0 bridgehead atoms. The van der Waals surface area contributed by atoms with Gasteiger partial charge in [-0.3, -0.25) is 4.99 Å². The fourth-order valence-electron chi connectivity index (χ4n) is 2.74. The maximum absolute atomic E-state index is 11.9. The van der Waals surface area contributed by atoms with E-state index in [2.05, 4.69) is 4.99 Å². The second-order valence-electron chi connectivity index (χ2n) is 5.05. The van der Waals surface area contributed by atoms with Crippen molar-refractivity contribution in [3.8, 4) is 0 Å². The minimum absolute atomic E-state index is 0.121. The average molecular weight is 365 g/mol. The molecule has 0 radical (unpaired) electrons. The van der Waals surface area contributed by atoms with Gasteiger partial charge in [0, 0.05) is 15.7 Å². The van der Waals surface area contributed by atoms with Crippen LogP contribution in [0.5, 0.6) is 0 Å². The maximum atomic E-state index is 11.9. The highest BCUT2D eigenvalue weighted by Gasteiger charge is 2.47. The Kier molecular flexibility index (Phi) is 4.16. The van der Waals surface area contributed by atoms with E-state index in [-0.39, 0.29) is 23.6 Å². The molecule has 2 atom stereocenters. The number of hydrogen-bond acceptors (Lipinski definition) is 5. The predicted octanol–water partition coefficient (Wildman–Crippen LogP) is 3.09. The number of anilines is 1. The molecule has 0 aliphatic carbocycles.